The highest BCUT2D eigenvalue weighted by Crippen LogP contribution is 2.38. The first-order chi connectivity index (χ1) is 17.2. The van der Waals surface area contributed by atoms with E-state index >= 15 is 0 Å². The molecule has 0 saturated heterocycles. The van der Waals surface area contributed by atoms with Crippen LogP contribution in [-0.4, -0.2) is 11.6 Å². The monoisotopic (exact) mass is 481 g/mol. The number of aromatic nitrogens is 1. The minimum absolute atomic E-state index is 0.258. The first kappa shape index (κ1) is 27.7. The summed E-state index contributed by atoms with van der Waals surface area (Å²) in [6, 6.07) is 9.34. The molecule has 0 amide bonds. The van der Waals surface area contributed by atoms with E-state index in [9.17, 15) is 4.39 Å². The third kappa shape index (κ3) is 9.58. The van der Waals surface area contributed by atoms with Crippen molar-refractivity contribution in [1.29, 1.82) is 0 Å². The van der Waals surface area contributed by atoms with Gasteiger partial charge in [-0.1, -0.05) is 90.5 Å². The molecule has 1 aliphatic rings. The van der Waals surface area contributed by atoms with Crippen LogP contribution in [0.2, 0.25) is 0 Å². The topological polar surface area (TPSA) is 22.1 Å². The number of rotatable bonds is 16. The molecule has 0 unspecified atom stereocenters. The third-order valence-electron chi connectivity index (χ3n) is 7.80. The molecule has 0 N–H and O–H groups in total. The highest BCUT2D eigenvalue weighted by Gasteiger charge is 2.22. The van der Waals surface area contributed by atoms with E-state index < -0.39 is 0 Å². The molecular weight excluding hydrogens is 433 g/mol. The Morgan fingerprint density at radius 1 is 0.800 bits per heavy atom. The van der Waals surface area contributed by atoms with Gasteiger partial charge in [-0.05, 0) is 67.7 Å². The molecule has 35 heavy (non-hydrogen) atoms. The fourth-order valence-electron chi connectivity index (χ4n) is 5.49. The maximum Gasteiger partial charge on any atom is 0.136 e. The Morgan fingerprint density at radius 2 is 1.49 bits per heavy atom. The average Bonchev–Trinajstić information content (AvgIpc) is 2.89. The number of halogens is 1. The lowest BCUT2D eigenvalue weighted by Crippen LogP contribution is -2.13. The number of ether oxygens (including phenoxy) is 1. The molecule has 3 heteroatoms. The van der Waals surface area contributed by atoms with Gasteiger partial charge in [0.15, 0.2) is 0 Å². The fraction of sp³-hybridized carbons (Fsp3) is 0.656. The van der Waals surface area contributed by atoms with Gasteiger partial charge >= 0.3 is 0 Å². The molecule has 3 rings (SSSR count). The minimum atomic E-state index is -0.258. The van der Waals surface area contributed by atoms with E-state index in [-0.39, 0.29) is 5.82 Å². The lowest BCUT2D eigenvalue weighted by atomic mass is 9.77. The first-order valence-electron chi connectivity index (χ1n) is 14.6. The molecule has 2 nitrogen and oxygen atoms in total. The molecule has 1 aliphatic carbocycles. The number of hydrogen-bond acceptors (Lipinski definition) is 2. The van der Waals surface area contributed by atoms with E-state index in [0.717, 1.165) is 12.3 Å². The lowest BCUT2D eigenvalue weighted by Gasteiger charge is -2.28. The van der Waals surface area contributed by atoms with E-state index in [1.807, 2.05) is 18.3 Å². The van der Waals surface area contributed by atoms with Gasteiger partial charge in [0.05, 0.1) is 12.3 Å². The van der Waals surface area contributed by atoms with Crippen molar-refractivity contribution in [2.75, 3.05) is 6.61 Å². The Morgan fingerprint density at radius 3 is 2.14 bits per heavy atom. The molecule has 2 aromatic rings. The van der Waals surface area contributed by atoms with Crippen molar-refractivity contribution in [2.45, 2.75) is 122 Å². The fourth-order valence-corrected chi connectivity index (χ4v) is 5.49. The van der Waals surface area contributed by atoms with Gasteiger partial charge in [0.25, 0.3) is 0 Å². The summed E-state index contributed by atoms with van der Waals surface area (Å²) >= 11 is 0. The van der Waals surface area contributed by atoms with Gasteiger partial charge in [0, 0.05) is 17.8 Å². The van der Waals surface area contributed by atoms with E-state index in [1.54, 1.807) is 6.07 Å². The Kier molecular flexibility index (Phi) is 12.6. The Balaban J connectivity index is 1.42. The Bertz CT molecular complexity index is 826. The summed E-state index contributed by atoms with van der Waals surface area (Å²) in [5.41, 5.74) is 2.57. The third-order valence-corrected chi connectivity index (χ3v) is 7.80. The second-order valence-corrected chi connectivity index (χ2v) is 10.7. The van der Waals surface area contributed by atoms with Crippen LogP contribution in [-0.2, 0) is 0 Å². The van der Waals surface area contributed by atoms with Gasteiger partial charge in [0.1, 0.15) is 11.6 Å². The summed E-state index contributed by atoms with van der Waals surface area (Å²) < 4.78 is 20.6. The van der Waals surface area contributed by atoms with Crippen LogP contribution < -0.4 is 4.74 Å². The number of benzene rings is 1. The predicted octanol–water partition coefficient (Wildman–Crippen LogP) is 10.3. The molecule has 1 saturated carbocycles. The predicted molar refractivity (Wildman–Crippen MR) is 147 cm³/mol. The van der Waals surface area contributed by atoms with Crippen molar-refractivity contribution in [3.05, 3.63) is 47.9 Å². The molecule has 0 atom stereocenters. The average molecular weight is 482 g/mol. The SMILES string of the molecule is CCCCCCCCCOc1ccc(-c2ccc(C3CCC(CCCCCC)CC3)cn2)c(F)c1. The van der Waals surface area contributed by atoms with Crippen molar-refractivity contribution in [3.8, 4) is 17.0 Å². The Hall–Kier alpha value is -1.90. The summed E-state index contributed by atoms with van der Waals surface area (Å²) in [5, 5.41) is 0. The van der Waals surface area contributed by atoms with E-state index in [0.29, 0.717) is 29.5 Å². The maximum absolute atomic E-state index is 14.8. The summed E-state index contributed by atoms with van der Waals surface area (Å²) in [4.78, 5) is 4.64. The normalized spacial score (nSPS) is 18.0. The number of nitrogens with zero attached hydrogens (tertiary/aromatic N) is 1. The highest BCUT2D eigenvalue weighted by atomic mass is 19.1. The molecule has 1 fully saturated rings. The van der Waals surface area contributed by atoms with Gasteiger partial charge in [-0.15, -0.1) is 0 Å². The smallest absolute Gasteiger partial charge is 0.136 e. The van der Waals surface area contributed by atoms with Gasteiger partial charge in [-0.25, -0.2) is 4.39 Å². The second-order valence-electron chi connectivity index (χ2n) is 10.7. The van der Waals surface area contributed by atoms with Crippen LogP contribution in [0.5, 0.6) is 5.75 Å². The molecular formula is C32H48FNO. The molecule has 0 aliphatic heterocycles. The molecule has 1 aromatic carbocycles. The van der Waals surface area contributed by atoms with E-state index in [4.69, 9.17) is 4.74 Å². The summed E-state index contributed by atoms with van der Waals surface area (Å²) in [6.07, 6.45) is 22.8. The van der Waals surface area contributed by atoms with E-state index in [1.165, 1.54) is 108 Å². The number of hydrogen-bond donors (Lipinski definition) is 0. The zero-order valence-corrected chi connectivity index (χ0v) is 22.4. The van der Waals surface area contributed by atoms with Crippen molar-refractivity contribution in [3.63, 3.8) is 0 Å². The highest BCUT2D eigenvalue weighted by molar-refractivity contribution is 5.61. The standard InChI is InChI=1S/C32H48FNO/c1-3-5-7-9-10-11-13-23-35-29-20-21-30(31(33)24-29)32-22-19-28(25-34-32)27-17-15-26(16-18-27)14-12-8-6-4-2/h19-22,24-27H,3-18,23H2,1-2H3. The molecule has 1 aromatic heterocycles. The van der Waals surface area contributed by atoms with Crippen LogP contribution in [0.15, 0.2) is 36.5 Å². The Labute approximate surface area is 214 Å². The van der Waals surface area contributed by atoms with Gasteiger partial charge in [-0.3, -0.25) is 4.98 Å². The lowest BCUT2D eigenvalue weighted by molar-refractivity contribution is 0.302. The molecule has 194 valence electrons. The molecule has 0 radical (unpaired) electrons. The van der Waals surface area contributed by atoms with Crippen LogP contribution in [0.1, 0.15) is 128 Å². The van der Waals surface area contributed by atoms with Gasteiger partial charge in [0.2, 0.25) is 0 Å². The molecule has 1 heterocycles. The van der Waals surface area contributed by atoms with E-state index in [2.05, 4.69) is 24.9 Å². The second kappa shape index (κ2) is 16.0. The van der Waals surface area contributed by atoms with Gasteiger partial charge < -0.3 is 4.74 Å². The van der Waals surface area contributed by atoms with Gasteiger partial charge in [-0.2, -0.15) is 0 Å². The number of pyridine rings is 1. The van der Waals surface area contributed by atoms with Crippen LogP contribution >= 0.6 is 0 Å². The van der Waals surface area contributed by atoms with Crippen molar-refractivity contribution in [1.82, 2.24) is 4.98 Å². The van der Waals surface area contributed by atoms with Crippen LogP contribution in [0, 0.1) is 11.7 Å². The quantitative estimate of drug-likeness (QED) is 0.222. The summed E-state index contributed by atoms with van der Waals surface area (Å²) in [5.74, 6) is 1.87. The zero-order valence-electron chi connectivity index (χ0n) is 22.4. The summed E-state index contributed by atoms with van der Waals surface area (Å²) in [7, 11) is 0. The summed E-state index contributed by atoms with van der Waals surface area (Å²) in [6.45, 7) is 5.17. The first-order valence-corrected chi connectivity index (χ1v) is 14.6. The zero-order chi connectivity index (χ0) is 24.7. The van der Waals surface area contributed by atoms with Crippen molar-refractivity contribution >= 4 is 0 Å². The van der Waals surface area contributed by atoms with Crippen LogP contribution in [0.4, 0.5) is 4.39 Å². The largest absolute Gasteiger partial charge is 0.493 e. The van der Waals surface area contributed by atoms with Crippen molar-refractivity contribution < 1.29 is 9.13 Å². The van der Waals surface area contributed by atoms with Crippen molar-refractivity contribution in [2.24, 2.45) is 5.92 Å². The molecule has 0 bridgehead atoms. The maximum atomic E-state index is 14.8. The van der Waals surface area contributed by atoms with Crippen LogP contribution in [0.25, 0.3) is 11.3 Å². The van der Waals surface area contributed by atoms with Crippen LogP contribution in [0.3, 0.4) is 0 Å². The minimum Gasteiger partial charge on any atom is -0.493 e. The molecule has 0 spiro atoms. The number of unbranched alkanes of at least 4 members (excludes halogenated alkanes) is 9.